The summed E-state index contributed by atoms with van der Waals surface area (Å²) in [6, 6.07) is 1.86. The van der Waals surface area contributed by atoms with Crippen LogP contribution in [0.2, 0.25) is 0 Å². The van der Waals surface area contributed by atoms with Crippen LogP contribution in [0.1, 0.15) is 117 Å². The summed E-state index contributed by atoms with van der Waals surface area (Å²) < 4.78 is 11.2. The predicted octanol–water partition coefficient (Wildman–Crippen LogP) is 7.13. The first-order valence-corrected chi connectivity index (χ1v) is 13.1. The highest BCUT2D eigenvalue weighted by Gasteiger charge is 2.09. The Labute approximate surface area is 203 Å². The monoisotopic (exact) mass is 463 g/mol. The van der Waals surface area contributed by atoms with Crippen molar-refractivity contribution in [2.24, 2.45) is 9.98 Å². The first-order chi connectivity index (χ1) is 16.2. The van der Waals surface area contributed by atoms with Crippen molar-refractivity contribution in [2.45, 2.75) is 123 Å². The lowest BCUT2D eigenvalue weighted by atomic mass is 10.0. The van der Waals surface area contributed by atoms with Gasteiger partial charge in [-0.2, -0.15) is 5.26 Å². The average molecular weight is 464 g/mol. The molecule has 0 saturated carbocycles. The van der Waals surface area contributed by atoms with Crippen LogP contribution in [0.5, 0.6) is 0 Å². The Morgan fingerprint density at radius 1 is 0.909 bits per heavy atom. The third kappa shape index (κ3) is 21.9. The number of aliphatic hydroxyl groups is 1. The van der Waals surface area contributed by atoms with Crippen LogP contribution in [0.25, 0.3) is 0 Å². The Morgan fingerprint density at radius 2 is 1.39 bits per heavy atom. The van der Waals surface area contributed by atoms with Crippen LogP contribution in [0.4, 0.5) is 0 Å². The number of aliphatic hydroxyl groups excluding tert-OH is 1. The van der Waals surface area contributed by atoms with Crippen molar-refractivity contribution in [3.63, 3.8) is 0 Å². The molecule has 0 aliphatic heterocycles. The molecule has 0 rings (SSSR count). The molecule has 1 N–H and O–H groups in total. The fraction of sp³-hybridized carbons (Fsp3) is 0.815. The number of aliphatic imine (C=N–C) groups is 2. The Balaban J connectivity index is 3.50. The van der Waals surface area contributed by atoms with Crippen LogP contribution in [0, 0.1) is 11.3 Å². The number of nitriles is 1. The number of hydrogen-bond donors (Lipinski definition) is 1. The molecule has 0 fully saturated rings. The van der Waals surface area contributed by atoms with Crippen LogP contribution < -0.4 is 0 Å². The lowest BCUT2D eigenvalue weighted by molar-refractivity contribution is 0.0123. The summed E-state index contributed by atoms with van der Waals surface area (Å²) in [7, 11) is 0. The van der Waals surface area contributed by atoms with Crippen LogP contribution in [-0.2, 0) is 9.47 Å². The van der Waals surface area contributed by atoms with E-state index in [1.165, 1.54) is 103 Å². The van der Waals surface area contributed by atoms with E-state index in [1.54, 1.807) is 6.92 Å². The van der Waals surface area contributed by atoms with Gasteiger partial charge in [0, 0.05) is 13.5 Å². The lowest BCUT2D eigenvalue weighted by Crippen LogP contribution is -2.26. The smallest absolute Gasteiger partial charge is 0.185 e. The third-order valence-electron chi connectivity index (χ3n) is 5.64. The van der Waals surface area contributed by atoms with Crippen molar-refractivity contribution in [1.29, 1.82) is 5.26 Å². The highest BCUT2D eigenvalue weighted by molar-refractivity contribution is 5.74. The molecule has 0 heterocycles. The van der Waals surface area contributed by atoms with E-state index in [4.69, 9.17) is 14.7 Å². The average Bonchev–Trinajstić information content (AvgIpc) is 2.83. The highest BCUT2D eigenvalue weighted by Crippen LogP contribution is 2.13. The summed E-state index contributed by atoms with van der Waals surface area (Å²) in [6.07, 6.45) is 22.4. The second kappa shape index (κ2) is 24.9. The summed E-state index contributed by atoms with van der Waals surface area (Å²) in [4.78, 5) is 7.51. The molecular weight excluding hydrogens is 414 g/mol. The fourth-order valence-corrected chi connectivity index (χ4v) is 3.62. The number of ether oxygens (including phenoxy) is 2. The SMILES string of the molecule is C=N/C(C#N)=C\N=C(/C)O[C@@H](CO)COCCCCCCCCCCCCCCCCCC. The molecule has 33 heavy (non-hydrogen) atoms. The van der Waals surface area contributed by atoms with E-state index in [0.717, 1.165) is 6.42 Å². The van der Waals surface area contributed by atoms with E-state index in [1.807, 2.05) is 6.07 Å². The molecule has 0 aromatic rings. The van der Waals surface area contributed by atoms with Gasteiger partial charge in [-0.05, 0) is 13.1 Å². The predicted molar refractivity (Wildman–Crippen MR) is 139 cm³/mol. The molecule has 0 aromatic carbocycles. The van der Waals surface area contributed by atoms with Crippen molar-refractivity contribution in [3.8, 4) is 6.07 Å². The number of rotatable bonds is 23. The Bertz CT molecular complexity index is 555. The molecule has 0 radical (unpaired) electrons. The van der Waals surface area contributed by atoms with Gasteiger partial charge in [-0.1, -0.05) is 103 Å². The highest BCUT2D eigenvalue weighted by atomic mass is 16.5. The van der Waals surface area contributed by atoms with Gasteiger partial charge in [-0.3, -0.25) is 4.99 Å². The Morgan fingerprint density at radius 3 is 1.82 bits per heavy atom. The van der Waals surface area contributed by atoms with Gasteiger partial charge in [0.2, 0.25) is 0 Å². The van der Waals surface area contributed by atoms with E-state index in [2.05, 4.69) is 23.6 Å². The van der Waals surface area contributed by atoms with Gasteiger partial charge in [0.1, 0.15) is 12.2 Å². The fourth-order valence-electron chi connectivity index (χ4n) is 3.62. The first kappa shape index (κ1) is 31.3. The van der Waals surface area contributed by atoms with E-state index < -0.39 is 6.10 Å². The van der Waals surface area contributed by atoms with Crippen molar-refractivity contribution in [2.75, 3.05) is 19.8 Å². The zero-order valence-corrected chi connectivity index (χ0v) is 21.4. The minimum atomic E-state index is -0.467. The first-order valence-electron chi connectivity index (χ1n) is 13.1. The molecule has 190 valence electrons. The standard InChI is InChI=1S/C27H49N3O3/c1-4-5-6-7-8-9-10-11-12-13-14-15-16-17-18-19-20-32-24-27(23-31)33-25(2)30-22-26(21-28)29-3/h22,27,31H,3-20,23-24H2,1-2H3/b26-22-,30-25+/t27-/m0/s1. The summed E-state index contributed by atoms with van der Waals surface area (Å²) >= 11 is 0. The molecule has 6 nitrogen and oxygen atoms in total. The Kier molecular flexibility index (Phi) is 23.6. The lowest BCUT2D eigenvalue weighted by Gasteiger charge is -2.16. The molecule has 0 aromatic heterocycles. The van der Waals surface area contributed by atoms with Crippen LogP contribution in [-0.4, -0.2) is 43.6 Å². The maximum absolute atomic E-state index is 9.43. The van der Waals surface area contributed by atoms with Crippen molar-refractivity contribution >= 4 is 12.6 Å². The van der Waals surface area contributed by atoms with Gasteiger partial charge in [-0.25, -0.2) is 4.99 Å². The zero-order valence-electron chi connectivity index (χ0n) is 21.4. The maximum Gasteiger partial charge on any atom is 0.185 e. The second-order valence-corrected chi connectivity index (χ2v) is 8.73. The van der Waals surface area contributed by atoms with Gasteiger partial charge >= 0.3 is 0 Å². The molecule has 0 bridgehead atoms. The molecule has 0 saturated heterocycles. The zero-order chi connectivity index (χ0) is 24.4. The molecule has 0 amide bonds. The number of hydrogen-bond acceptors (Lipinski definition) is 6. The van der Waals surface area contributed by atoms with Gasteiger partial charge in [-0.15, -0.1) is 0 Å². The van der Waals surface area contributed by atoms with Gasteiger partial charge < -0.3 is 14.6 Å². The number of allylic oxidation sites excluding steroid dienone is 1. The van der Waals surface area contributed by atoms with Crippen molar-refractivity contribution in [1.82, 2.24) is 0 Å². The third-order valence-corrected chi connectivity index (χ3v) is 5.64. The quantitative estimate of drug-likeness (QED) is 0.0756. The van der Waals surface area contributed by atoms with Crippen molar-refractivity contribution < 1.29 is 14.6 Å². The Hall–Kier alpha value is -1.71. The van der Waals surface area contributed by atoms with Crippen molar-refractivity contribution in [3.05, 3.63) is 11.9 Å². The molecule has 6 heteroatoms. The number of nitrogens with zero attached hydrogens (tertiary/aromatic N) is 3. The van der Waals surface area contributed by atoms with Gasteiger partial charge in [0.05, 0.1) is 19.4 Å². The minimum Gasteiger partial charge on any atom is -0.473 e. The maximum atomic E-state index is 9.43. The number of unbranched alkanes of at least 4 members (excludes halogenated alkanes) is 15. The molecule has 1 atom stereocenters. The van der Waals surface area contributed by atoms with Crippen LogP contribution in [0.3, 0.4) is 0 Å². The molecule has 0 unspecified atom stereocenters. The van der Waals surface area contributed by atoms with E-state index >= 15 is 0 Å². The normalized spacial score (nSPS) is 13.0. The van der Waals surface area contributed by atoms with E-state index in [-0.39, 0.29) is 12.3 Å². The molecule has 0 aliphatic rings. The van der Waals surface area contributed by atoms with Gasteiger partial charge in [0.15, 0.2) is 11.6 Å². The summed E-state index contributed by atoms with van der Waals surface area (Å²) in [5, 5.41) is 18.2. The second-order valence-electron chi connectivity index (χ2n) is 8.73. The molecule has 0 spiro atoms. The molecular formula is C27H49N3O3. The summed E-state index contributed by atoms with van der Waals surface area (Å²) in [6.45, 7) is 8.06. The van der Waals surface area contributed by atoms with E-state index in [9.17, 15) is 5.11 Å². The van der Waals surface area contributed by atoms with Crippen LogP contribution >= 0.6 is 0 Å². The van der Waals surface area contributed by atoms with Gasteiger partial charge in [0.25, 0.3) is 0 Å². The largest absolute Gasteiger partial charge is 0.473 e. The van der Waals surface area contributed by atoms with E-state index in [0.29, 0.717) is 19.1 Å². The minimum absolute atomic E-state index is 0.109. The molecule has 0 aliphatic carbocycles. The summed E-state index contributed by atoms with van der Waals surface area (Å²) in [5.74, 6) is 0.344. The topological polar surface area (TPSA) is 87.2 Å². The van der Waals surface area contributed by atoms with Crippen LogP contribution in [0.15, 0.2) is 21.9 Å². The summed E-state index contributed by atoms with van der Waals surface area (Å²) in [5.41, 5.74) is 0.109.